The first-order chi connectivity index (χ1) is 10.4. The summed E-state index contributed by atoms with van der Waals surface area (Å²) in [5.41, 5.74) is 1.39. The van der Waals surface area contributed by atoms with Crippen LogP contribution in [0.3, 0.4) is 0 Å². The average molecular weight is 303 g/mol. The molecule has 1 aromatic carbocycles. The summed E-state index contributed by atoms with van der Waals surface area (Å²) in [6.07, 6.45) is 3.88. The molecule has 0 bridgehead atoms. The number of amides is 1. The summed E-state index contributed by atoms with van der Waals surface area (Å²) in [6, 6.07) is 10.3. The van der Waals surface area contributed by atoms with Crippen molar-refractivity contribution in [2.75, 3.05) is 6.73 Å². The van der Waals surface area contributed by atoms with Crippen LogP contribution in [0.2, 0.25) is 0 Å². The predicted octanol–water partition coefficient (Wildman–Crippen LogP) is 4.54. The van der Waals surface area contributed by atoms with Gasteiger partial charge in [-0.3, -0.25) is 4.79 Å². The summed E-state index contributed by atoms with van der Waals surface area (Å²) in [7, 11) is 0. The Morgan fingerprint density at radius 1 is 1.27 bits per heavy atom. The molecule has 122 valence electrons. The van der Waals surface area contributed by atoms with Crippen LogP contribution in [0, 0.1) is 5.41 Å². The van der Waals surface area contributed by atoms with E-state index in [1.54, 1.807) is 0 Å². The van der Waals surface area contributed by atoms with Gasteiger partial charge in [0.25, 0.3) is 0 Å². The van der Waals surface area contributed by atoms with Crippen LogP contribution < -0.4 is 0 Å². The van der Waals surface area contributed by atoms with Crippen molar-refractivity contribution in [1.82, 2.24) is 4.90 Å². The van der Waals surface area contributed by atoms with Crippen molar-refractivity contribution >= 4 is 5.91 Å². The van der Waals surface area contributed by atoms with E-state index in [1.165, 1.54) is 12.8 Å². The maximum Gasteiger partial charge on any atom is 0.224 e. The Morgan fingerprint density at radius 2 is 1.95 bits per heavy atom. The van der Waals surface area contributed by atoms with Crippen LogP contribution in [0.4, 0.5) is 0 Å². The second-order valence-corrected chi connectivity index (χ2v) is 7.15. The number of benzene rings is 1. The van der Waals surface area contributed by atoms with E-state index in [9.17, 15) is 4.79 Å². The molecule has 1 aliphatic rings. The number of carbonyl (C=O) groups is 1. The number of carbonyl (C=O) groups excluding carboxylic acids is 1. The molecule has 0 spiro atoms. The SMILES string of the molecule is CCCC(C)(C)CCC(=O)N1CO[C@H](c2ccccc2)[C@@H]1C. The Labute approximate surface area is 134 Å². The highest BCUT2D eigenvalue weighted by molar-refractivity contribution is 5.76. The van der Waals surface area contributed by atoms with E-state index in [1.807, 2.05) is 23.1 Å². The van der Waals surface area contributed by atoms with E-state index in [-0.39, 0.29) is 23.5 Å². The summed E-state index contributed by atoms with van der Waals surface area (Å²) in [5.74, 6) is 0.218. The molecule has 1 amide bonds. The maximum atomic E-state index is 12.5. The number of hydrogen-bond donors (Lipinski definition) is 0. The van der Waals surface area contributed by atoms with E-state index >= 15 is 0 Å². The Bertz CT molecular complexity index is 483. The van der Waals surface area contributed by atoms with Crippen molar-refractivity contribution in [2.24, 2.45) is 5.41 Å². The van der Waals surface area contributed by atoms with Gasteiger partial charge in [-0.2, -0.15) is 0 Å². The van der Waals surface area contributed by atoms with Gasteiger partial charge in [0, 0.05) is 6.42 Å². The first-order valence-corrected chi connectivity index (χ1v) is 8.40. The predicted molar refractivity (Wildman–Crippen MR) is 89.4 cm³/mol. The molecule has 3 nitrogen and oxygen atoms in total. The van der Waals surface area contributed by atoms with Gasteiger partial charge in [0.2, 0.25) is 5.91 Å². The third kappa shape index (κ3) is 4.10. The lowest BCUT2D eigenvalue weighted by Crippen LogP contribution is -2.35. The molecule has 0 N–H and O–H groups in total. The fourth-order valence-corrected chi connectivity index (χ4v) is 3.29. The number of nitrogens with zero attached hydrogens (tertiary/aromatic N) is 1. The second-order valence-electron chi connectivity index (χ2n) is 7.15. The van der Waals surface area contributed by atoms with Crippen molar-refractivity contribution in [3.63, 3.8) is 0 Å². The lowest BCUT2D eigenvalue weighted by molar-refractivity contribution is -0.133. The van der Waals surface area contributed by atoms with Gasteiger partial charge in [-0.05, 0) is 30.7 Å². The zero-order chi connectivity index (χ0) is 16.2. The topological polar surface area (TPSA) is 29.5 Å². The van der Waals surface area contributed by atoms with Crippen molar-refractivity contribution in [2.45, 2.75) is 65.5 Å². The van der Waals surface area contributed by atoms with Crippen molar-refractivity contribution < 1.29 is 9.53 Å². The average Bonchev–Trinajstić information content (AvgIpc) is 2.87. The number of ether oxygens (including phenoxy) is 1. The fourth-order valence-electron chi connectivity index (χ4n) is 3.29. The third-order valence-corrected chi connectivity index (χ3v) is 4.71. The Balaban J connectivity index is 1.92. The van der Waals surface area contributed by atoms with Gasteiger partial charge in [0.15, 0.2) is 0 Å². The maximum absolute atomic E-state index is 12.5. The Kier molecular flexibility index (Phi) is 5.63. The normalized spacial score (nSPS) is 22.1. The van der Waals surface area contributed by atoms with E-state index < -0.39 is 0 Å². The molecule has 1 fully saturated rings. The first-order valence-electron chi connectivity index (χ1n) is 8.40. The van der Waals surface area contributed by atoms with Crippen LogP contribution >= 0.6 is 0 Å². The molecule has 0 aliphatic carbocycles. The Morgan fingerprint density at radius 3 is 2.59 bits per heavy atom. The van der Waals surface area contributed by atoms with Gasteiger partial charge in [-0.15, -0.1) is 0 Å². The lowest BCUT2D eigenvalue weighted by atomic mass is 9.83. The molecule has 0 radical (unpaired) electrons. The van der Waals surface area contributed by atoms with Crippen LogP contribution in [0.5, 0.6) is 0 Å². The summed E-state index contributed by atoms with van der Waals surface area (Å²) >= 11 is 0. The molecule has 3 heteroatoms. The van der Waals surface area contributed by atoms with Crippen molar-refractivity contribution in [3.05, 3.63) is 35.9 Å². The van der Waals surface area contributed by atoms with E-state index in [0.717, 1.165) is 12.0 Å². The molecule has 1 saturated heterocycles. The van der Waals surface area contributed by atoms with Crippen LogP contribution in [0.15, 0.2) is 30.3 Å². The highest BCUT2D eigenvalue weighted by Gasteiger charge is 2.35. The molecule has 2 rings (SSSR count). The van der Waals surface area contributed by atoms with E-state index in [2.05, 4.69) is 39.8 Å². The highest BCUT2D eigenvalue weighted by atomic mass is 16.5. The van der Waals surface area contributed by atoms with Crippen molar-refractivity contribution in [1.29, 1.82) is 0 Å². The molecule has 0 aromatic heterocycles. The van der Waals surface area contributed by atoms with Crippen molar-refractivity contribution in [3.8, 4) is 0 Å². The summed E-state index contributed by atoms with van der Waals surface area (Å²) < 4.78 is 5.87. The van der Waals surface area contributed by atoms with Gasteiger partial charge in [-0.25, -0.2) is 0 Å². The second kappa shape index (κ2) is 7.28. The largest absolute Gasteiger partial charge is 0.351 e. The molecular weight excluding hydrogens is 274 g/mol. The minimum Gasteiger partial charge on any atom is -0.351 e. The van der Waals surface area contributed by atoms with E-state index in [0.29, 0.717) is 13.2 Å². The quantitative estimate of drug-likeness (QED) is 0.772. The fraction of sp³-hybridized carbons (Fsp3) is 0.632. The van der Waals surface area contributed by atoms with Crippen LogP contribution in [-0.2, 0) is 9.53 Å². The molecule has 1 aliphatic heterocycles. The lowest BCUT2D eigenvalue weighted by Gasteiger charge is -2.26. The molecule has 2 atom stereocenters. The monoisotopic (exact) mass is 303 g/mol. The minimum atomic E-state index is -0.00574. The molecule has 22 heavy (non-hydrogen) atoms. The molecule has 0 saturated carbocycles. The van der Waals surface area contributed by atoms with Gasteiger partial charge in [-0.1, -0.05) is 57.5 Å². The van der Waals surface area contributed by atoms with Gasteiger partial charge in [0.05, 0.1) is 6.04 Å². The molecule has 1 heterocycles. The zero-order valence-corrected chi connectivity index (χ0v) is 14.3. The molecule has 0 unspecified atom stereocenters. The van der Waals surface area contributed by atoms with E-state index in [4.69, 9.17) is 4.74 Å². The zero-order valence-electron chi connectivity index (χ0n) is 14.3. The van der Waals surface area contributed by atoms with Crippen LogP contribution in [0.1, 0.15) is 65.0 Å². The molecule has 1 aromatic rings. The summed E-state index contributed by atoms with van der Waals surface area (Å²) in [6.45, 7) is 9.19. The highest BCUT2D eigenvalue weighted by Crippen LogP contribution is 2.33. The minimum absolute atomic E-state index is 0.00574. The van der Waals surface area contributed by atoms with Gasteiger partial charge >= 0.3 is 0 Å². The standard InChI is InChI=1S/C19H29NO2/c1-5-12-19(3,4)13-11-17(21)20-14-22-18(15(20)2)16-9-7-6-8-10-16/h6-10,15,18H,5,11-14H2,1-4H3/t15-,18-/m0/s1. The van der Waals surface area contributed by atoms with Gasteiger partial charge in [0.1, 0.15) is 12.8 Å². The van der Waals surface area contributed by atoms with Gasteiger partial charge < -0.3 is 9.64 Å². The third-order valence-electron chi connectivity index (χ3n) is 4.71. The summed E-state index contributed by atoms with van der Waals surface area (Å²) in [4.78, 5) is 14.4. The summed E-state index contributed by atoms with van der Waals surface area (Å²) in [5, 5.41) is 0. The smallest absolute Gasteiger partial charge is 0.224 e. The Hall–Kier alpha value is -1.35. The number of rotatable bonds is 6. The van der Waals surface area contributed by atoms with Crippen LogP contribution in [0.25, 0.3) is 0 Å². The number of hydrogen-bond acceptors (Lipinski definition) is 2. The first kappa shape index (κ1) is 17.0. The van der Waals surface area contributed by atoms with Crippen LogP contribution in [-0.4, -0.2) is 23.6 Å². The molecular formula is C19H29NO2.